The molecule has 0 atom stereocenters. The lowest BCUT2D eigenvalue weighted by Crippen LogP contribution is -2.13. The minimum Gasteiger partial charge on any atom is -0.384 e. The lowest BCUT2D eigenvalue weighted by atomic mass is 9.91. The van der Waals surface area contributed by atoms with Crippen LogP contribution in [0.2, 0.25) is 0 Å². The van der Waals surface area contributed by atoms with Gasteiger partial charge in [-0.1, -0.05) is 25.3 Å². The van der Waals surface area contributed by atoms with E-state index in [1.165, 1.54) is 11.5 Å². The fraction of sp³-hybridized carbons (Fsp3) is 0.333. The maximum absolute atomic E-state index is 5.66. The molecule has 6 nitrogen and oxygen atoms in total. The van der Waals surface area contributed by atoms with Crippen molar-refractivity contribution < 1.29 is 0 Å². The third-order valence-corrected chi connectivity index (χ3v) is 3.51. The minimum absolute atomic E-state index is 0.0756. The van der Waals surface area contributed by atoms with Crippen molar-refractivity contribution in [1.82, 2.24) is 24.5 Å². The van der Waals surface area contributed by atoms with E-state index < -0.39 is 0 Å². The smallest absolute Gasteiger partial charge is 0.180 e. The molecule has 0 radical (unpaired) electrons. The number of nitrogens with zero attached hydrogens (tertiary/aromatic N) is 4. The number of hydrogen-bond acceptors (Lipinski definition) is 6. The van der Waals surface area contributed by atoms with E-state index in [1.54, 1.807) is 6.07 Å². The molecule has 0 aliphatic rings. The summed E-state index contributed by atoms with van der Waals surface area (Å²) < 4.78 is 4.04. The van der Waals surface area contributed by atoms with E-state index in [4.69, 9.17) is 5.73 Å². The average molecular weight is 274 g/mol. The highest BCUT2D eigenvalue weighted by atomic mass is 32.1. The van der Waals surface area contributed by atoms with Gasteiger partial charge in [-0.15, -0.1) is 5.10 Å². The molecule has 3 N–H and O–H groups in total. The molecule has 0 saturated heterocycles. The summed E-state index contributed by atoms with van der Waals surface area (Å²) in [5.41, 5.74) is 8.00. The van der Waals surface area contributed by atoms with Crippen LogP contribution >= 0.6 is 11.5 Å². The predicted molar refractivity (Wildman–Crippen MR) is 75.9 cm³/mol. The highest BCUT2D eigenvalue weighted by molar-refractivity contribution is 7.09. The summed E-state index contributed by atoms with van der Waals surface area (Å²) in [6.07, 6.45) is 0. The summed E-state index contributed by atoms with van der Waals surface area (Å²) >= 11 is 1.34. The SMILES string of the molecule is CC(C)(C)c1nnsc1-c1nc2nc(N)ccc2[nH]1. The Kier molecular flexibility index (Phi) is 2.53. The van der Waals surface area contributed by atoms with Crippen molar-refractivity contribution in [3.05, 3.63) is 17.8 Å². The van der Waals surface area contributed by atoms with Crippen LogP contribution in [0.15, 0.2) is 12.1 Å². The van der Waals surface area contributed by atoms with Crippen LogP contribution in [0.25, 0.3) is 21.9 Å². The van der Waals surface area contributed by atoms with Gasteiger partial charge in [-0.05, 0) is 23.7 Å². The van der Waals surface area contributed by atoms with Crippen LogP contribution < -0.4 is 5.73 Å². The molecular formula is C12H14N6S. The molecule has 0 aromatic carbocycles. The molecule has 7 heteroatoms. The first-order chi connectivity index (χ1) is 8.95. The van der Waals surface area contributed by atoms with Crippen molar-refractivity contribution in [1.29, 1.82) is 0 Å². The first-order valence-electron chi connectivity index (χ1n) is 5.90. The Balaban J connectivity index is 2.17. The maximum atomic E-state index is 5.66. The van der Waals surface area contributed by atoms with Crippen molar-refractivity contribution in [2.75, 3.05) is 5.73 Å². The Labute approximate surface area is 114 Å². The van der Waals surface area contributed by atoms with Crippen molar-refractivity contribution >= 4 is 28.5 Å². The van der Waals surface area contributed by atoms with Gasteiger partial charge in [0.15, 0.2) is 11.5 Å². The van der Waals surface area contributed by atoms with E-state index in [1.807, 2.05) is 6.07 Å². The van der Waals surface area contributed by atoms with Gasteiger partial charge < -0.3 is 10.7 Å². The third kappa shape index (κ3) is 2.06. The number of nitrogens with two attached hydrogens (primary N) is 1. The first-order valence-corrected chi connectivity index (χ1v) is 6.68. The predicted octanol–water partition coefficient (Wildman–Crippen LogP) is 2.36. The normalized spacial score (nSPS) is 12.2. The van der Waals surface area contributed by atoms with E-state index in [0.29, 0.717) is 11.5 Å². The second-order valence-corrected chi connectivity index (χ2v) is 6.15. The number of rotatable bonds is 1. The Bertz CT molecular complexity index is 736. The molecule has 0 unspecified atom stereocenters. The fourth-order valence-corrected chi connectivity index (χ4v) is 2.67. The lowest BCUT2D eigenvalue weighted by Gasteiger charge is -2.15. The molecule has 98 valence electrons. The van der Waals surface area contributed by atoms with Gasteiger partial charge in [0.25, 0.3) is 0 Å². The van der Waals surface area contributed by atoms with Gasteiger partial charge in [0, 0.05) is 5.41 Å². The topological polar surface area (TPSA) is 93.4 Å². The zero-order valence-electron chi connectivity index (χ0n) is 10.9. The number of fused-ring (bicyclic) bond motifs is 1. The van der Waals surface area contributed by atoms with Crippen LogP contribution in [-0.4, -0.2) is 24.5 Å². The molecule has 0 saturated carbocycles. The maximum Gasteiger partial charge on any atom is 0.180 e. The van der Waals surface area contributed by atoms with Gasteiger partial charge in [0.1, 0.15) is 10.7 Å². The molecule has 3 heterocycles. The molecule has 3 aromatic rings. The van der Waals surface area contributed by atoms with Crippen LogP contribution in [0.5, 0.6) is 0 Å². The minimum atomic E-state index is -0.0756. The number of nitrogens with one attached hydrogen (secondary N) is 1. The number of imidazole rings is 1. The zero-order chi connectivity index (χ0) is 13.6. The third-order valence-electron chi connectivity index (χ3n) is 2.78. The number of aromatic nitrogens is 5. The van der Waals surface area contributed by atoms with Gasteiger partial charge in [0.05, 0.1) is 11.2 Å². The summed E-state index contributed by atoms with van der Waals surface area (Å²) in [7, 11) is 0. The molecule has 0 fully saturated rings. The van der Waals surface area contributed by atoms with Crippen molar-refractivity contribution in [3.8, 4) is 10.7 Å². The highest BCUT2D eigenvalue weighted by Gasteiger charge is 2.25. The molecule has 0 aliphatic heterocycles. The van der Waals surface area contributed by atoms with E-state index >= 15 is 0 Å². The largest absolute Gasteiger partial charge is 0.384 e. The Morgan fingerprint density at radius 2 is 2.00 bits per heavy atom. The van der Waals surface area contributed by atoms with Crippen molar-refractivity contribution in [2.24, 2.45) is 0 Å². The van der Waals surface area contributed by atoms with E-state index in [9.17, 15) is 0 Å². The summed E-state index contributed by atoms with van der Waals surface area (Å²) in [5, 5.41) is 4.21. The van der Waals surface area contributed by atoms with E-state index in [-0.39, 0.29) is 5.41 Å². The van der Waals surface area contributed by atoms with Crippen LogP contribution in [0.3, 0.4) is 0 Å². The number of pyridine rings is 1. The van der Waals surface area contributed by atoms with Gasteiger partial charge in [-0.25, -0.2) is 9.97 Å². The molecule has 3 rings (SSSR count). The Morgan fingerprint density at radius 3 is 2.74 bits per heavy atom. The van der Waals surface area contributed by atoms with Crippen molar-refractivity contribution in [3.63, 3.8) is 0 Å². The van der Waals surface area contributed by atoms with Crippen LogP contribution in [0, 0.1) is 0 Å². The average Bonchev–Trinajstić information content (AvgIpc) is 2.92. The van der Waals surface area contributed by atoms with E-state index in [2.05, 4.69) is 45.3 Å². The summed E-state index contributed by atoms with van der Waals surface area (Å²) in [4.78, 5) is 12.9. The van der Waals surface area contributed by atoms with Gasteiger partial charge >= 0.3 is 0 Å². The molecular weight excluding hydrogens is 260 g/mol. The van der Waals surface area contributed by atoms with E-state index in [0.717, 1.165) is 21.9 Å². The number of H-pyrrole nitrogens is 1. The second kappa shape index (κ2) is 3.99. The summed E-state index contributed by atoms with van der Waals surface area (Å²) in [6.45, 7) is 6.31. The number of aromatic amines is 1. The first kappa shape index (κ1) is 12.0. The molecule has 3 aromatic heterocycles. The van der Waals surface area contributed by atoms with Crippen molar-refractivity contribution in [2.45, 2.75) is 26.2 Å². The molecule has 0 amide bonds. The molecule has 19 heavy (non-hydrogen) atoms. The standard InChI is InChI=1S/C12H14N6S/c1-12(2,3)9-8(19-18-17-9)11-14-6-4-5-7(13)15-10(6)16-11/h4-5H,1-3H3,(H3,13,14,15,16). The fourth-order valence-electron chi connectivity index (χ4n) is 1.85. The molecule has 0 spiro atoms. The quantitative estimate of drug-likeness (QED) is 0.710. The van der Waals surface area contributed by atoms with Gasteiger partial charge in [-0.2, -0.15) is 0 Å². The van der Waals surface area contributed by atoms with Crippen LogP contribution in [0.1, 0.15) is 26.5 Å². The zero-order valence-corrected chi connectivity index (χ0v) is 11.7. The number of nitrogen functional groups attached to an aromatic ring is 1. The van der Waals surface area contributed by atoms with Crippen LogP contribution in [0.4, 0.5) is 5.82 Å². The van der Waals surface area contributed by atoms with Gasteiger partial charge in [-0.3, -0.25) is 0 Å². The van der Waals surface area contributed by atoms with Gasteiger partial charge in [0.2, 0.25) is 0 Å². The summed E-state index contributed by atoms with van der Waals surface area (Å²) in [5.74, 6) is 1.21. The number of anilines is 1. The summed E-state index contributed by atoms with van der Waals surface area (Å²) in [6, 6.07) is 3.62. The monoisotopic (exact) mass is 274 g/mol. The lowest BCUT2D eigenvalue weighted by molar-refractivity contribution is 0.568. The molecule has 0 bridgehead atoms. The Hall–Kier alpha value is -2.02. The number of hydrogen-bond donors (Lipinski definition) is 2. The second-order valence-electron chi connectivity index (χ2n) is 5.39. The Morgan fingerprint density at radius 1 is 1.21 bits per heavy atom. The highest BCUT2D eigenvalue weighted by Crippen LogP contribution is 2.33. The molecule has 0 aliphatic carbocycles. The van der Waals surface area contributed by atoms with Crippen LogP contribution in [-0.2, 0) is 5.41 Å².